The van der Waals surface area contributed by atoms with Crippen LogP contribution < -0.4 is 0 Å². The zero-order valence-corrected chi connectivity index (χ0v) is 25.2. The lowest BCUT2D eigenvalue weighted by Crippen LogP contribution is -1.98. The second kappa shape index (κ2) is 11.8. The summed E-state index contributed by atoms with van der Waals surface area (Å²) >= 11 is 0. The molecule has 0 atom stereocenters. The Labute approximate surface area is 261 Å². The topological polar surface area (TPSA) is 12.9 Å². The van der Waals surface area contributed by atoms with E-state index in [-0.39, 0.29) is 0 Å². The third-order valence-electron chi connectivity index (χ3n) is 8.79. The lowest BCUT2D eigenvalue weighted by molar-refractivity contribution is 0.978. The van der Waals surface area contributed by atoms with E-state index in [2.05, 4.69) is 135 Å². The van der Waals surface area contributed by atoms with Crippen molar-refractivity contribution < 1.29 is 0 Å². The maximum atomic E-state index is 4.74. The quantitative estimate of drug-likeness (QED) is 0.199. The molecule has 0 saturated carbocycles. The molecule has 44 heavy (non-hydrogen) atoms. The Bertz CT molecular complexity index is 2000. The summed E-state index contributed by atoms with van der Waals surface area (Å²) in [5.41, 5.74) is 18.0. The summed E-state index contributed by atoms with van der Waals surface area (Å²) in [6.45, 7) is 10.3. The van der Waals surface area contributed by atoms with Crippen LogP contribution in [0.5, 0.6) is 0 Å². The summed E-state index contributed by atoms with van der Waals surface area (Å²) in [6, 6.07) is 29.1. The number of aryl methyl sites for hydroxylation is 2. The summed E-state index contributed by atoms with van der Waals surface area (Å²) in [5, 5.41) is 0. The molecule has 0 fully saturated rings. The molecule has 4 aromatic carbocycles. The van der Waals surface area contributed by atoms with Crippen LogP contribution in [-0.4, -0.2) is 4.98 Å². The molecule has 1 heteroatoms. The third-order valence-corrected chi connectivity index (χ3v) is 8.79. The van der Waals surface area contributed by atoms with Crippen LogP contribution in [0, 0.1) is 6.92 Å². The van der Waals surface area contributed by atoms with Crippen LogP contribution in [0.3, 0.4) is 0 Å². The highest BCUT2D eigenvalue weighted by Gasteiger charge is 2.16. The normalized spacial score (nSPS) is 13.2. The van der Waals surface area contributed by atoms with Gasteiger partial charge in [-0.25, -0.2) is 0 Å². The summed E-state index contributed by atoms with van der Waals surface area (Å²) in [6.07, 6.45) is 22.3. The first-order valence-electron chi connectivity index (χ1n) is 15.4. The van der Waals surface area contributed by atoms with Gasteiger partial charge in [0.2, 0.25) is 0 Å². The maximum Gasteiger partial charge on any atom is 0.0776 e. The molecule has 0 bridgehead atoms. The zero-order valence-electron chi connectivity index (χ0n) is 25.2. The van der Waals surface area contributed by atoms with Gasteiger partial charge in [0, 0.05) is 17.3 Å². The predicted molar refractivity (Wildman–Crippen MR) is 191 cm³/mol. The smallest absolute Gasteiger partial charge is 0.0776 e. The minimum atomic E-state index is 0.925. The van der Waals surface area contributed by atoms with Gasteiger partial charge in [0.05, 0.1) is 5.69 Å². The van der Waals surface area contributed by atoms with E-state index in [9.17, 15) is 0 Å². The van der Waals surface area contributed by atoms with Gasteiger partial charge in [-0.2, -0.15) is 0 Å². The largest absolute Gasteiger partial charge is 0.256 e. The highest BCUT2D eigenvalue weighted by Crippen LogP contribution is 2.37. The molecule has 1 heterocycles. The van der Waals surface area contributed by atoms with Crippen molar-refractivity contribution in [1.29, 1.82) is 0 Å². The molecule has 2 aliphatic carbocycles. The van der Waals surface area contributed by atoms with Crippen molar-refractivity contribution >= 4 is 30.4 Å². The van der Waals surface area contributed by atoms with E-state index in [1.807, 2.05) is 18.3 Å². The van der Waals surface area contributed by atoms with Crippen LogP contribution in [0.15, 0.2) is 116 Å². The first-order valence-corrected chi connectivity index (χ1v) is 15.4. The summed E-state index contributed by atoms with van der Waals surface area (Å²) in [5.74, 6) is 0. The molecule has 0 amide bonds. The number of pyridine rings is 1. The Morgan fingerprint density at radius 2 is 1.25 bits per heavy atom. The van der Waals surface area contributed by atoms with Gasteiger partial charge in [0.1, 0.15) is 0 Å². The van der Waals surface area contributed by atoms with Gasteiger partial charge in [-0.05, 0) is 111 Å². The maximum absolute atomic E-state index is 4.74. The first kappa shape index (κ1) is 27.6. The van der Waals surface area contributed by atoms with Crippen molar-refractivity contribution in [3.63, 3.8) is 0 Å². The minimum absolute atomic E-state index is 0.925. The zero-order chi connectivity index (χ0) is 30.0. The van der Waals surface area contributed by atoms with Crippen molar-refractivity contribution in [2.45, 2.75) is 26.2 Å². The van der Waals surface area contributed by atoms with Gasteiger partial charge >= 0.3 is 0 Å². The number of hydrogen-bond donors (Lipinski definition) is 0. The average molecular weight is 566 g/mol. The van der Waals surface area contributed by atoms with Gasteiger partial charge in [0.25, 0.3) is 0 Å². The molecule has 5 aromatic rings. The molecule has 0 spiro atoms. The van der Waals surface area contributed by atoms with Gasteiger partial charge in [-0.15, -0.1) is 0 Å². The van der Waals surface area contributed by atoms with E-state index in [4.69, 9.17) is 4.98 Å². The molecule has 0 N–H and O–H groups in total. The fraction of sp³-hybridized carbons (Fsp3) is 0.0930. The molecule has 1 nitrogen and oxygen atoms in total. The molecule has 0 saturated heterocycles. The predicted octanol–water partition coefficient (Wildman–Crippen LogP) is 11.7. The number of hydrogen-bond acceptors (Lipinski definition) is 1. The number of fused-ring (bicyclic) bond motifs is 2. The SMILES string of the molecule is C=Cc1cc(-c2ccc(-c3cc(C)cc(-c4ccc(-c5nccc6c5C=CCC6)cc4)c3)cc2)c2c(c1C=C)C=CCC=C2. The van der Waals surface area contributed by atoms with Gasteiger partial charge in [0.15, 0.2) is 0 Å². The molecule has 7 rings (SSSR count). The fourth-order valence-corrected chi connectivity index (χ4v) is 6.57. The lowest BCUT2D eigenvalue weighted by Gasteiger charge is -2.16. The molecule has 212 valence electrons. The van der Waals surface area contributed by atoms with Gasteiger partial charge < -0.3 is 0 Å². The van der Waals surface area contributed by atoms with Gasteiger partial charge in [-0.1, -0.05) is 122 Å². The van der Waals surface area contributed by atoms with Crippen molar-refractivity contribution in [3.05, 3.63) is 155 Å². The van der Waals surface area contributed by atoms with E-state index >= 15 is 0 Å². The fourth-order valence-electron chi connectivity index (χ4n) is 6.57. The Balaban J connectivity index is 1.22. The Morgan fingerprint density at radius 1 is 0.614 bits per heavy atom. The van der Waals surface area contributed by atoms with Crippen LogP contribution >= 0.6 is 0 Å². The van der Waals surface area contributed by atoms with Crippen LogP contribution in [0.2, 0.25) is 0 Å². The molecule has 0 radical (unpaired) electrons. The highest BCUT2D eigenvalue weighted by molar-refractivity contribution is 5.90. The van der Waals surface area contributed by atoms with Crippen molar-refractivity contribution in [2.24, 2.45) is 0 Å². The van der Waals surface area contributed by atoms with E-state index in [1.165, 1.54) is 61.2 Å². The van der Waals surface area contributed by atoms with E-state index < -0.39 is 0 Å². The van der Waals surface area contributed by atoms with Crippen molar-refractivity contribution in [3.8, 4) is 44.6 Å². The second-order valence-electron chi connectivity index (χ2n) is 11.6. The van der Waals surface area contributed by atoms with Crippen LogP contribution in [-0.2, 0) is 6.42 Å². The lowest BCUT2D eigenvalue weighted by atomic mass is 9.87. The second-order valence-corrected chi connectivity index (χ2v) is 11.6. The molecular weight excluding hydrogens is 530 g/mol. The number of allylic oxidation sites excluding steroid dienone is 3. The molecule has 0 unspecified atom stereocenters. The molecule has 2 aliphatic rings. The van der Waals surface area contributed by atoms with E-state index in [0.29, 0.717) is 0 Å². The number of aromatic nitrogens is 1. The standard InChI is InChI=1S/C43H35N/c1-4-30-28-42(41-14-8-6-7-13-40(41)38(30)5-2)34-19-15-31(16-20-34)36-25-29(3)26-37(27-36)32-17-21-35(22-18-32)43-39-12-10-9-11-33(39)23-24-44-43/h4-5,7-8,10,12-28H,1-2,6,9,11H2,3H3. The summed E-state index contributed by atoms with van der Waals surface area (Å²) in [4.78, 5) is 4.74. The Kier molecular flexibility index (Phi) is 7.38. The molecular formula is C43H35N. The van der Waals surface area contributed by atoms with E-state index in [0.717, 1.165) is 41.6 Å². The number of benzene rings is 4. The van der Waals surface area contributed by atoms with Crippen molar-refractivity contribution in [2.75, 3.05) is 0 Å². The number of rotatable bonds is 6. The summed E-state index contributed by atoms with van der Waals surface area (Å²) < 4.78 is 0. The average Bonchev–Trinajstić information content (AvgIpc) is 3.33. The number of nitrogens with zero attached hydrogens (tertiary/aromatic N) is 1. The van der Waals surface area contributed by atoms with Crippen LogP contribution in [0.4, 0.5) is 0 Å². The van der Waals surface area contributed by atoms with Crippen molar-refractivity contribution in [1.82, 2.24) is 4.98 Å². The Hall–Kier alpha value is -5.27. The first-order chi connectivity index (χ1) is 21.6. The van der Waals surface area contributed by atoms with Crippen LogP contribution in [0.1, 0.15) is 51.8 Å². The van der Waals surface area contributed by atoms with Crippen LogP contribution in [0.25, 0.3) is 75.0 Å². The van der Waals surface area contributed by atoms with Gasteiger partial charge in [-0.3, -0.25) is 4.98 Å². The highest BCUT2D eigenvalue weighted by atomic mass is 14.7. The summed E-state index contributed by atoms with van der Waals surface area (Å²) in [7, 11) is 0. The monoisotopic (exact) mass is 565 g/mol. The third kappa shape index (κ3) is 5.12. The van der Waals surface area contributed by atoms with E-state index in [1.54, 1.807) is 0 Å². The minimum Gasteiger partial charge on any atom is -0.256 e. The molecule has 0 aliphatic heterocycles. The Morgan fingerprint density at radius 3 is 1.93 bits per heavy atom. The molecule has 1 aromatic heterocycles.